The average Bonchev–Trinajstić information content (AvgIpc) is 2.83. The van der Waals surface area contributed by atoms with Crippen LogP contribution in [0.15, 0.2) is 30.3 Å². The summed E-state index contributed by atoms with van der Waals surface area (Å²) in [5, 5.41) is 31.0. The highest BCUT2D eigenvalue weighted by molar-refractivity contribution is 7.14. The third kappa shape index (κ3) is 3.33. The van der Waals surface area contributed by atoms with E-state index in [2.05, 4.69) is 0 Å². The first-order valence-corrected chi connectivity index (χ1v) is 6.58. The number of nitrogens with zero attached hydrogens (tertiary/aromatic N) is 2. The summed E-state index contributed by atoms with van der Waals surface area (Å²) >= 11 is 0.954. The Morgan fingerprint density at radius 1 is 1.19 bits per heavy atom. The minimum atomic E-state index is -0.845. The van der Waals surface area contributed by atoms with Gasteiger partial charge in [0.15, 0.2) is 0 Å². The minimum Gasteiger partial charge on any atom is -0.440 e. The Kier molecular flexibility index (Phi) is 4.15. The molecule has 21 heavy (non-hydrogen) atoms. The van der Waals surface area contributed by atoms with Crippen LogP contribution in [0.1, 0.15) is 17.9 Å². The monoisotopic (exact) mass is 310 g/mol. The molecule has 1 N–H and O–H groups in total. The van der Waals surface area contributed by atoms with Crippen molar-refractivity contribution >= 4 is 22.7 Å². The molecule has 0 saturated carbocycles. The molecule has 0 aliphatic heterocycles. The summed E-state index contributed by atoms with van der Waals surface area (Å²) in [6.07, 6.45) is -0.845. The van der Waals surface area contributed by atoms with E-state index in [1.807, 2.05) is 0 Å². The van der Waals surface area contributed by atoms with Gasteiger partial charge in [0, 0.05) is 23.1 Å². The molecule has 0 radical (unpaired) electrons. The molecule has 8 nitrogen and oxygen atoms in total. The number of hydrogen-bond acceptors (Lipinski definition) is 7. The topological polar surface area (TPSA) is 116 Å². The quantitative estimate of drug-likeness (QED) is 0.668. The molecule has 1 atom stereocenters. The standard InChI is InChI=1S/C12H10N2O6S/c1-7(15)11-6-10(14(18)19)12(21-11)20-9-4-2-8(3-5-9)13(16)17/h2-7,15H,1H3/t7-/m1/s1. The Morgan fingerprint density at radius 2 is 1.81 bits per heavy atom. The van der Waals surface area contributed by atoms with E-state index in [4.69, 9.17) is 4.74 Å². The molecule has 0 aliphatic rings. The molecule has 0 bridgehead atoms. The van der Waals surface area contributed by atoms with E-state index < -0.39 is 16.0 Å². The fourth-order valence-corrected chi connectivity index (χ4v) is 2.46. The van der Waals surface area contributed by atoms with Gasteiger partial charge in [0.05, 0.1) is 16.0 Å². The summed E-state index contributed by atoms with van der Waals surface area (Å²) in [6.45, 7) is 1.49. The Balaban J connectivity index is 2.29. The SMILES string of the molecule is C[C@@H](O)c1cc([N+](=O)[O-])c(Oc2ccc([N+](=O)[O-])cc2)s1. The average molecular weight is 310 g/mol. The second kappa shape index (κ2) is 5.85. The van der Waals surface area contributed by atoms with Crippen LogP contribution < -0.4 is 4.74 Å². The maximum absolute atomic E-state index is 11.0. The Labute approximate surface area is 122 Å². The van der Waals surface area contributed by atoms with E-state index in [-0.39, 0.29) is 22.2 Å². The third-order valence-electron chi connectivity index (χ3n) is 2.57. The lowest BCUT2D eigenvalue weighted by Crippen LogP contribution is -1.90. The number of benzene rings is 1. The second-order valence-electron chi connectivity index (χ2n) is 4.11. The van der Waals surface area contributed by atoms with Crippen LogP contribution in [0.25, 0.3) is 0 Å². The molecular weight excluding hydrogens is 300 g/mol. The zero-order valence-corrected chi connectivity index (χ0v) is 11.6. The number of rotatable bonds is 5. The molecule has 1 aromatic heterocycles. The lowest BCUT2D eigenvalue weighted by molar-refractivity contribution is -0.385. The van der Waals surface area contributed by atoms with Crippen molar-refractivity contribution in [1.82, 2.24) is 0 Å². The molecule has 0 saturated heterocycles. The first-order chi connectivity index (χ1) is 9.88. The summed E-state index contributed by atoms with van der Waals surface area (Å²) in [5.41, 5.74) is -0.359. The van der Waals surface area contributed by atoms with E-state index >= 15 is 0 Å². The van der Waals surface area contributed by atoms with Crippen LogP contribution in [0.4, 0.5) is 11.4 Å². The number of ether oxygens (including phenoxy) is 1. The van der Waals surface area contributed by atoms with Gasteiger partial charge in [0.1, 0.15) is 5.75 Å². The van der Waals surface area contributed by atoms with E-state index in [0.717, 1.165) is 11.3 Å². The molecule has 0 fully saturated rings. The summed E-state index contributed by atoms with van der Waals surface area (Å²) in [6, 6.07) is 6.43. The third-order valence-corrected chi connectivity index (χ3v) is 3.74. The highest BCUT2D eigenvalue weighted by Gasteiger charge is 2.23. The summed E-state index contributed by atoms with van der Waals surface area (Å²) < 4.78 is 5.38. The van der Waals surface area contributed by atoms with Crippen molar-refractivity contribution in [3.8, 4) is 10.8 Å². The molecule has 2 aromatic rings. The number of hydrogen-bond donors (Lipinski definition) is 1. The van der Waals surface area contributed by atoms with Crippen LogP contribution in [-0.2, 0) is 0 Å². The lowest BCUT2D eigenvalue weighted by atomic mass is 10.3. The summed E-state index contributed by atoms with van der Waals surface area (Å²) in [4.78, 5) is 20.7. The molecular formula is C12H10N2O6S. The number of thiophene rings is 1. The molecule has 0 unspecified atom stereocenters. The molecule has 110 valence electrons. The Hall–Kier alpha value is -2.52. The van der Waals surface area contributed by atoms with E-state index in [1.54, 1.807) is 0 Å². The van der Waals surface area contributed by atoms with Gasteiger partial charge in [-0.05, 0) is 19.1 Å². The van der Waals surface area contributed by atoms with Crippen LogP contribution in [0.2, 0.25) is 0 Å². The molecule has 0 amide bonds. The number of aliphatic hydroxyl groups excluding tert-OH is 1. The maximum Gasteiger partial charge on any atom is 0.323 e. The van der Waals surface area contributed by atoms with Gasteiger partial charge in [-0.15, -0.1) is 0 Å². The molecule has 0 spiro atoms. The molecule has 2 rings (SSSR count). The highest BCUT2D eigenvalue weighted by Crippen LogP contribution is 2.42. The minimum absolute atomic E-state index is 0.0183. The lowest BCUT2D eigenvalue weighted by Gasteiger charge is -2.02. The van der Waals surface area contributed by atoms with Crippen LogP contribution in [0.5, 0.6) is 10.8 Å². The zero-order chi connectivity index (χ0) is 15.6. The van der Waals surface area contributed by atoms with Gasteiger partial charge >= 0.3 is 5.69 Å². The summed E-state index contributed by atoms with van der Waals surface area (Å²) in [5.74, 6) is 0.239. The number of non-ortho nitro benzene ring substituents is 1. The van der Waals surface area contributed by atoms with E-state index in [9.17, 15) is 25.3 Å². The Morgan fingerprint density at radius 3 is 2.29 bits per heavy atom. The van der Waals surface area contributed by atoms with Crippen LogP contribution in [0, 0.1) is 20.2 Å². The van der Waals surface area contributed by atoms with Crippen molar-refractivity contribution < 1.29 is 19.7 Å². The van der Waals surface area contributed by atoms with Crippen molar-refractivity contribution in [2.75, 3.05) is 0 Å². The van der Waals surface area contributed by atoms with E-state index in [0.29, 0.717) is 4.88 Å². The van der Waals surface area contributed by atoms with Crippen molar-refractivity contribution in [2.24, 2.45) is 0 Å². The normalized spacial score (nSPS) is 11.9. The Bertz CT molecular complexity index is 680. The highest BCUT2D eigenvalue weighted by atomic mass is 32.1. The van der Waals surface area contributed by atoms with Crippen molar-refractivity contribution in [3.63, 3.8) is 0 Å². The number of nitro groups is 2. The molecule has 1 aromatic carbocycles. The number of nitro benzene ring substituents is 1. The summed E-state index contributed by atoms with van der Waals surface area (Å²) in [7, 11) is 0. The molecule has 1 heterocycles. The number of aliphatic hydroxyl groups is 1. The van der Waals surface area contributed by atoms with Crippen LogP contribution in [0.3, 0.4) is 0 Å². The van der Waals surface area contributed by atoms with Crippen molar-refractivity contribution in [1.29, 1.82) is 0 Å². The predicted octanol–water partition coefficient (Wildman–Crippen LogP) is 3.41. The van der Waals surface area contributed by atoms with Crippen molar-refractivity contribution in [2.45, 2.75) is 13.0 Å². The van der Waals surface area contributed by atoms with Gasteiger partial charge in [-0.2, -0.15) is 0 Å². The van der Waals surface area contributed by atoms with Crippen LogP contribution >= 0.6 is 11.3 Å². The fourth-order valence-electron chi connectivity index (χ4n) is 1.53. The fraction of sp³-hybridized carbons (Fsp3) is 0.167. The maximum atomic E-state index is 11.0. The van der Waals surface area contributed by atoms with Gasteiger partial charge in [-0.25, -0.2) is 0 Å². The first-order valence-electron chi connectivity index (χ1n) is 5.77. The van der Waals surface area contributed by atoms with Gasteiger partial charge in [-0.3, -0.25) is 20.2 Å². The van der Waals surface area contributed by atoms with Gasteiger partial charge < -0.3 is 9.84 Å². The van der Waals surface area contributed by atoms with Gasteiger partial charge in [0.25, 0.3) is 10.8 Å². The first kappa shape index (κ1) is 14.9. The largest absolute Gasteiger partial charge is 0.440 e. The van der Waals surface area contributed by atoms with E-state index in [1.165, 1.54) is 37.3 Å². The van der Waals surface area contributed by atoms with Gasteiger partial charge in [0.2, 0.25) is 0 Å². The zero-order valence-electron chi connectivity index (χ0n) is 10.8. The smallest absolute Gasteiger partial charge is 0.323 e. The second-order valence-corrected chi connectivity index (χ2v) is 5.15. The predicted molar refractivity (Wildman–Crippen MR) is 74.8 cm³/mol. The van der Waals surface area contributed by atoms with Crippen molar-refractivity contribution in [3.05, 3.63) is 55.4 Å². The molecule has 9 heteroatoms. The molecule has 0 aliphatic carbocycles. The van der Waals surface area contributed by atoms with Crippen LogP contribution in [-0.4, -0.2) is 15.0 Å². The van der Waals surface area contributed by atoms with Gasteiger partial charge in [-0.1, -0.05) is 11.3 Å².